The third-order valence-electron chi connectivity index (χ3n) is 2.47. The molecular formula is C13H13NO2. The molecule has 16 heavy (non-hydrogen) atoms. The molecule has 0 spiro atoms. The Bertz CT molecular complexity index is 504. The minimum Gasteiger partial charge on any atom is -0.360 e. The van der Waals surface area contributed by atoms with E-state index in [9.17, 15) is 4.79 Å². The van der Waals surface area contributed by atoms with Crippen LogP contribution in [0.5, 0.6) is 0 Å². The summed E-state index contributed by atoms with van der Waals surface area (Å²) < 4.78 is 5.08. The molecule has 0 radical (unpaired) electrons. The number of hydrogen-bond donors (Lipinski definition) is 0. The van der Waals surface area contributed by atoms with Gasteiger partial charge in [0, 0.05) is 5.57 Å². The third-order valence-corrected chi connectivity index (χ3v) is 2.47. The van der Waals surface area contributed by atoms with Gasteiger partial charge in [-0.15, -0.1) is 0 Å². The molecule has 0 saturated carbocycles. The van der Waals surface area contributed by atoms with Crippen molar-refractivity contribution in [1.29, 1.82) is 0 Å². The lowest BCUT2D eigenvalue weighted by Gasteiger charge is -1.98. The number of aryl methyl sites for hydroxylation is 1. The van der Waals surface area contributed by atoms with Crippen LogP contribution < -0.4 is 0 Å². The van der Waals surface area contributed by atoms with Crippen LogP contribution in [0.25, 0.3) is 5.57 Å². The van der Waals surface area contributed by atoms with Crippen LogP contribution in [0.2, 0.25) is 0 Å². The van der Waals surface area contributed by atoms with Gasteiger partial charge < -0.3 is 4.52 Å². The summed E-state index contributed by atoms with van der Waals surface area (Å²) in [6, 6.07) is 0. The number of ketones is 1. The Kier molecular flexibility index (Phi) is 2.86. The molecule has 0 fully saturated rings. The van der Waals surface area contributed by atoms with Gasteiger partial charge in [0.15, 0.2) is 5.78 Å². The van der Waals surface area contributed by atoms with Crippen molar-refractivity contribution >= 4 is 11.4 Å². The van der Waals surface area contributed by atoms with Gasteiger partial charge in [0.25, 0.3) is 0 Å². The molecule has 3 nitrogen and oxygen atoms in total. The molecule has 0 bridgehead atoms. The fourth-order valence-electron chi connectivity index (χ4n) is 1.72. The van der Waals surface area contributed by atoms with Gasteiger partial charge in [-0.05, 0) is 20.3 Å². The van der Waals surface area contributed by atoms with Crippen molar-refractivity contribution in [3.8, 4) is 0 Å². The first-order valence-corrected chi connectivity index (χ1v) is 5.21. The fourth-order valence-corrected chi connectivity index (χ4v) is 1.72. The molecule has 0 atom stereocenters. The van der Waals surface area contributed by atoms with Gasteiger partial charge in [0.05, 0.1) is 5.56 Å². The number of carbonyl (C=O) groups excluding carboxylic acids is 1. The molecule has 1 aromatic heterocycles. The topological polar surface area (TPSA) is 43.1 Å². The first kappa shape index (κ1) is 10.6. The Balaban J connectivity index is 2.52. The smallest absolute Gasteiger partial charge is 0.165 e. The largest absolute Gasteiger partial charge is 0.360 e. The number of rotatable bonds is 2. The van der Waals surface area contributed by atoms with E-state index in [-0.39, 0.29) is 5.78 Å². The molecule has 3 heteroatoms. The summed E-state index contributed by atoms with van der Waals surface area (Å²) in [5, 5.41) is 3.95. The first-order valence-electron chi connectivity index (χ1n) is 5.21. The molecule has 0 amide bonds. The van der Waals surface area contributed by atoms with E-state index in [1.807, 2.05) is 30.4 Å². The molecule has 0 aliphatic heterocycles. The van der Waals surface area contributed by atoms with Crippen LogP contribution in [0.15, 0.2) is 34.9 Å². The van der Waals surface area contributed by atoms with E-state index in [1.165, 1.54) is 6.92 Å². The van der Waals surface area contributed by atoms with E-state index in [0.29, 0.717) is 17.0 Å². The quantitative estimate of drug-likeness (QED) is 0.712. The maximum Gasteiger partial charge on any atom is 0.165 e. The summed E-state index contributed by atoms with van der Waals surface area (Å²) in [7, 11) is 0. The second kappa shape index (κ2) is 4.31. The van der Waals surface area contributed by atoms with Crippen molar-refractivity contribution in [2.75, 3.05) is 0 Å². The van der Waals surface area contributed by atoms with Crippen molar-refractivity contribution in [1.82, 2.24) is 5.16 Å². The zero-order valence-electron chi connectivity index (χ0n) is 9.36. The Labute approximate surface area is 94.1 Å². The number of allylic oxidation sites excluding steroid dienone is 6. The molecule has 1 aliphatic carbocycles. The lowest BCUT2D eigenvalue weighted by atomic mass is 10.0. The molecule has 2 rings (SSSR count). The van der Waals surface area contributed by atoms with E-state index < -0.39 is 0 Å². The van der Waals surface area contributed by atoms with Crippen LogP contribution in [0.1, 0.15) is 35.2 Å². The highest BCUT2D eigenvalue weighted by atomic mass is 16.5. The van der Waals surface area contributed by atoms with Crippen LogP contribution in [0, 0.1) is 6.92 Å². The van der Waals surface area contributed by atoms with Crippen LogP contribution in [-0.4, -0.2) is 10.9 Å². The van der Waals surface area contributed by atoms with Crippen molar-refractivity contribution in [3.63, 3.8) is 0 Å². The lowest BCUT2D eigenvalue weighted by molar-refractivity contribution is 0.101. The highest BCUT2D eigenvalue weighted by Gasteiger charge is 2.18. The van der Waals surface area contributed by atoms with Gasteiger partial charge in [-0.3, -0.25) is 4.79 Å². The summed E-state index contributed by atoms with van der Waals surface area (Å²) in [5.41, 5.74) is 2.12. The molecular weight excluding hydrogens is 202 g/mol. The molecule has 0 N–H and O–H groups in total. The molecule has 1 aromatic rings. The monoisotopic (exact) mass is 215 g/mol. The Morgan fingerprint density at radius 1 is 1.44 bits per heavy atom. The van der Waals surface area contributed by atoms with E-state index in [0.717, 1.165) is 12.0 Å². The molecule has 82 valence electrons. The summed E-state index contributed by atoms with van der Waals surface area (Å²) in [5.74, 6) is 0.557. The second-order valence-corrected chi connectivity index (χ2v) is 3.71. The van der Waals surface area contributed by atoms with E-state index in [2.05, 4.69) is 5.16 Å². The van der Waals surface area contributed by atoms with Crippen molar-refractivity contribution in [3.05, 3.63) is 47.4 Å². The normalized spacial score (nSPS) is 14.8. The van der Waals surface area contributed by atoms with Crippen LogP contribution in [-0.2, 0) is 0 Å². The Hall–Kier alpha value is -1.90. The SMILES string of the molecule is CC(=O)c1c(C2=CC=CCC=C2)noc1C. The Morgan fingerprint density at radius 2 is 2.25 bits per heavy atom. The maximum atomic E-state index is 11.5. The van der Waals surface area contributed by atoms with Gasteiger partial charge in [-0.1, -0.05) is 35.5 Å². The van der Waals surface area contributed by atoms with Gasteiger partial charge >= 0.3 is 0 Å². The van der Waals surface area contributed by atoms with Crippen LogP contribution in [0.4, 0.5) is 0 Å². The number of hydrogen-bond acceptors (Lipinski definition) is 3. The fraction of sp³-hybridized carbons (Fsp3) is 0.231. The van der Waals surface area contributed by atoms with Crippen molar-refractivity contribution in [2.24, 2.45) is 0 Å². The van der Waals surface area contributed by atoms with Gasteiger partial charge in [-0.2, -0.15) is 0 Å². The molecule has 1 heterocycles. The first-order chi connectivity index (χ1) is 7.70. The van der Waals surface area contributed by atoms with Crippen LogP contribution in [0.3, 0.4) is 0 Å². The molecule has 0 unspecified atom stereocenters. The van der Waals surface area contributed by atoms with Crippen LogP contribution >= 0.6 is 0 Å². The maximum absolute atomic E-state index is 11.5. The van der Waals surface area contributed by atoms with Gasteiger partial charge in [0.2, 0.25) is 0 Å². The molecule has 1 aliphatic rings. The Morgan fingerprint density at radius 3 is 3.00 bits per heavy atom. The number of aromatic nitrogens is 1. The highest BCUT2D eigenvalue weighted by Crippen LogP contribution is 2.24. The van der Waals surface area contributed by atoms with Gasteiger partial charge in [0.1, 0.15) is 11.5 Å². The zero-order valence-corrected chi connectivity index (χ0v) is 9.36. The standard InChI is InChI=1S/C13H13NO2/c1-9(15)12-10(2)16-14-13(12)11-7-5-3-4-6-8-11/h3,5-8H,4H2,1-2H3. The highest BCUT2D eigenvalue weighted by molar-refractivity contribution is 6.00. The van der Waals surface area contributed by atoms with E-state index >= 15 is 0 Å². The summed E-state index contributed by atoms with van der Waals surface area (Å²) >= 11 is 0. The average Bonchev–Trinajstić information content (AvgIpc) is 2.50. The predicted molar refractivity (Wildman–Crippen MR) is 62.1 cm³/mol. The summed E-state index contributed by atoms with van der Waals surface area (Å²) in [6.45, 7) is 3.28. The number of Topliss-reactive ketones (excluding diaryl/α,β-unsaturated/α-hetero) is 1. The summed E-state index contributed by atoms with van der Waals surface area (Å²) in [4.78, 5) is 11.5. The van der Waals surface area contributed by atoms with Gasteiger partial charge in [-0.25, -0.2) is 0 Å². The van der Waals surface area contributed by atoms with Crippen molar-refractivity contribution in [2.45, 2.75) is 20.3 Å². The second-order valence-electron chi connectivity index (χ2n) is 3.71. The van der Waals surface area contributed by atoms with E-state index in [1.54, 1.807) is 6.92 Å². The molecule has 0 saturated heterocycles. The molecule has 0 aromatic carbocycles. The van der Waals surface area contributed by atoms with E-state index in [4.69, 9.17) is 4.52 Å². The zero-order chi connectivity index (χ0) is 11.5. The third kappa shape index (κ3) is 1.89. The number of nitrogens with zero attached hydrogens (tertiary/aromatic N) is 1. The minimum absolute atomic E-state index is 0.0173. The van der Waals surface area contributed by atoms with Crippen molar-refractivity contribution < 1.29 is 9.32 Å². The minimum atomic E-state index is -0.0173. The summed E-state index contributed by atoms with van der Waals surface area (Å²) in [6.07, 6.45) is 10.8. The lowest BCUT2D eigenvalue weighted by Crippen LogP contribution is -1.97. The average molecular weight is 215 g/mol. The predicted octanol–water partition coefficient (Wildman–Crippen LogP) is 3.09. The number of carbonyl (C=O) groups is 1.